The van der Waals surface area contributed by atoms with E-state index in [4.69, 9.17) is 26.3 Å². The average Bonchev–Trinajstić information content (AvgIpc) is 2.44. The van der Waals surface area contributed by atoms with Crippen LogP contribution in [-0.2, 0) is 0 Å². The van der Waals surface area contributed by atoms with Gasteiger partial charge in [-0.2, -0.15) is 26.3 Å². The Balaban J connectivity index is 0.00000361. The summed E-state index contributed by atoms with van der Waals surface area (Å²) in [6.45, 7) is 0. The van der Waals surface area contributed by atoms with Crippen LogP contribution in [0.1, 0.15) is 32.9 Å². The molecular weight excluding hydrogens is 269 g/mol. The number of hydrogen-bond acceptors (Lipinski definition) is 7. The molecular formula is C11HN7NaO. The molecule has 20 heavy (non-hydrogen) atoms. The Morgan fingerprint density at radius 2 is 1.35 bits per heavy atom. The molecule has 8 nitrogen and oxygen atoms in total. The Labute approximate surface area is 135 Å². The van der Waals surface area contributed by atoms with Crippen molar-refractivity contribution in [1.29, 1.82) is 26.3 Å². The molecule has 0 bridgehead atoms. The molecule has 0 saturated heterocycles. The molecule has 0 fully saturated rings. The first-order chi connectivity index (χ1) is 9.14. The van der Waals surface area contributed by atoms with Crippen molar-refractivity contribution in [3.05, 3.63) is 28.1 Å². The number of nitrogens with one attached hydrogen (secondary N) is 1. The van der Waals surface area contributed by atoms with Gasteiger partial charge < -0.3 is 0 Å². The molecule has 1 amide bonds. The normalized spacial score (nSPS) is 7.55. The van der Waals surface area contributed by atoms with Gasteiger partial charge in [0.1, 0.15) is 35.4 Å². The van der Waals surface area contributed by atoms with Gasteiger partial charge in [0.2, 0.25) is 0 Å². The minimum absolute atomic E-state index is 0. The fourth-order valence-corrected chi connectivity index (χ4v) is 1.31. The van der Waals surface area contributed by atoms with E-state index >= 15 is 0 Å². The number of pyridine rings is 1. The number of aromatic nitrogens is 1. The van der Waals surface area contributed by atoms with E-state index in [2.05, 4.69) is 4.98 Å². The summed E-state index contributed by atoms with van der Waals surface area (Å²) >= 11 is 0. The first-order valence-electron chi connectivity index (χ1n) is 4.52. The number of rotatable bonds is 1. The maximum Gasteiger partial charge on any atom is 0.267 e. The second-order valence-corrected chi connectivity index (χ2v) is 2.95. The summed E-state index contributed by atoms with van der Waals surface area (Å²) in [4.78, 5) is 15.2. The van der Waals surface area contributed by atoms with Crippen LogP contribution < -0.4 is 5.32 Å². The summed E-state index contributed by atoms with van der Waals surface area (Å²) in [5.41, 5.74) is -2.33. The summed E-state index contributed by atoms with van der Waals surface area (Å²) in [7, 11) is 0. The smallest absolute Gasteiger partial charge is 0.267 e. The van der Waals surface area contributed by atoms with Crippen LogP contribution in [0.2, 0.25) is 0 Å². The van der Waals surface area contributed by atoms with Gasteiger partial charge in [-0.25, -0.2) is 4.98 Å². The van der Waals surface area contributed by atoms with Gasteiger partial charge in [0.05, 0.1) is 5.56 Å². The minimum atomic E-state index is -1.05. The van der Waals surface area contributed by atoms with Crippen LogP contribution in [0.4, 0.5) is 0 Å². The summed E-state index contributed by atoms with van der Waals surface area (Å²) < 4.78 is 0. The number of nitriles is 5. The zero-order chi connectivity index (χ0) is 14.4. The van der Waals surface area contributed by atoms with Crippen LogP contribution in [-0.4, -0.2) is 40.4 Å². The molecule has 1 rings (SSSR count). The number of hydrogen-bond donors (Lipinski definition) is 1. The van der Waals surface area contributed by atoms with E-state index in [1.165, 1.54) is 6.19 Å². The standard InChI is InChI=1S/C11HN7O.Na/c12-1-6-8(3-14)18-9(4-15)7(2-13)10(6)11(19)17-5-16;/h(H,17,19);. The van der Waals surface area contributed by atoms with Crippen LogP contribution >= 0.6 is 0 Å². The van der Waals surface area contributed by atoms with Crippen LogP contribution in [0.15, 0.2) is 0 Å². The zero-order valence-corrected chi connectivity index (χ0v) is 12.1. The SMILES string of the molecule is N#CNC(=O)c1c(C#N)c(C#N)nc(C#N)c1C#N.[Na]. The van der Waals surface area contributed by atoms with Crippen molar-refractivity contribution in [3.63, 3.8) is 0 Å². The topological polar surface area (TPSA) is 161 Å². The van der Waals surface area contributed by atoms with Gasteiger partial charge in [0, 0.05) is 29.6 Å². The third kappa shape index (κ3) is 2.90. The number of carbonyl (C=O) groups is 1. The van der Waals surface area contributed by atoms with Gasteiger partial charge in [-0.05, 0) is 0 Å². The van der Waals surface area contributed by atoms with Gasteiger partial charge in [0.25, 0.3) is 5.91 Å². The van der Waals surface area contributed by atoms with Gasteiger partial charge in [0.15, 0.2) is 17.6 Å². The summed E-state index contributed by atoms with van der Waals surface area (Å²) in [5.74, 6) is -1.05. The van der Waals surface area contributed by atoms with Crippen molar-refractivity contribution in [1.82, 2.24) is 10.3 Å². The van der Waals surface area contributed by atoms with Gasteiger partial charge in [-0.1, -0.05) is 0 Å². The fraction of sp³-hybridized carbons (Fsp3) is 0. The second-order valence-electron chi connectivity index (χ2n) is 2.95. The van der Waals surface area contributed by atoms with Crippen LogP contribution in [0.5, 0.6) is 0 Å². The maximum absolute atomic E-state index is 11.7. The third-order valence-electron chi connectivity index (χ3n) is 2.03. The molecule has 0 spiro atoms. The van der Waals surface area contributed by atoms with E-state index in [9.17, 15) is 4.79 Å². The molecule has 1 N–H and O–H groups in total. The molecule has 0 saturated carbocycles. The Morgan fingerprint density at radius 3 is 1.65 bits per heavy atom. The van der Waals surface area contributed by atoms with E-state index in [-0.39, 0.29) is 29.6 Å². The largest absolute Gasteiger partial charge is 0.268 e. The number of amides is 1. The monoisotopic (exact) mass is 270 g/mol. The van der Waals surface area contributed by atoms with Crippen molar-refractivity contribution in [2.75, 3.05) is 0 Å². The fourth-order valence-electron chi connectivity index (χ4n) is 1.31. The molecule has 87 valence electrons. The van der Waals surface area contributed by atoms with E-state index in [0.29, 0.717) is 0 Å². The zero-order valence-electron chi connectivity index (χ0n) is 10.1. The molecule has 0 aliphatic heterocycles. The Morgan fingerprint density at radius 1 is 0.900 bits per heavy atom. The predicted molar refractivity (Wildman–Crippen MR) is 61.9 cm³/mol. The summed E-state index contributed by atoms with van der Waals surface area (Å²) in [5, 5.41) is 45.6. The maximum atomic E-state index is 11.7. The van der Waals surface area contributed by atoms with Crippen LogP contribution in [0, 0.1) is 56.8 Å². The molecule has 1 aromatic rings. The van der Waals surface area contributed by atoms with Crippen LogP contribution in [0.25, 0.3) is 0 Å². The van der Waals surface area contributed by atoms with Gasteiger partial charge in [-0.15, -0.1) is 0 Å². The molecule has 0 aromatic carbocycles. The molecule has 0 aliphatic rings. The Bertz CT molecular complexity index is 730. The summed E-state index contributed by atoms with van der Waals surface area (Å²) in [6.07, 6.45) is 1.34. The van der Waals surface area contributed by atoms with E-state index in [1.54, 1.807) is 29.6 Å². The van der Waals surface area contributed by atoms with Crippen LogP contribution in [0.3, 0.4) is 0 Å². The predicted octanol–water partition coefficient (Wildman–Crippen LogP) is -0.602. The average molecular weight is 270 g/mol. The third-order valence-corrected chi connectivity index (χ3v) is 2.03. The first kappa shape index (κ1) is 17.1. The Hall–Kier alpha value is -2.93. The van der Waals surface area contributed by atoms with Gasteiger partial charge in [-0.3, -0.25) is 10.1 Å². The molecule has 0 atom stereocenters. The first-order valence-corrected chi connectivity index (χ1v) is 4.52. The van der Waals surface area contributed by atoms with Crippen molar-refractivity contribution >= 4 is 35.5 Å². The van der Waals surface area contributed by atoms with E-state index in [1.807, 2.05) is 0 Å². The van der Waals surface area contributed by atoms with Crippen molar-refractivity contribution in [2.45, 2.75) is 0 Å². The van der Waals surface area contributed by atoms with Crippen molar-refractivity contribution in [3.8, 4) is 30.5 Å². The summed E-state index contributed by atoms with van der Waals surface area (Å²) in [6, 6.07) is 6.24. The quantitative estimate of drug-likeness (QED) is 0.404. The number of carbonyl (C=O) groups excluding carboxylic acids is 1. The molecule has 1 heterocycles. The molecule has 0 aliphatic carbocycles. The molecule has 1 radical (unpaired) electrons. The molecule has 1 aromatic heterocycles. The Kier molecular flexibility index (Phi) is 6.40. The minimum Gasteiger partial charge on any atom is -0.268 e. The van der Waals surface area contributed by atoms with Gasteiger partial charge >= 0.3 is 0 Å². The van der Waals surface area contributed by atoms with E-state index < -0.39 is 34.0 Å². The number of nitrogens with zero attached hydrogens (tertiary/aromatic N) is 6. The van der Waals surface area contributed by atoms with E-state index in [0.717, 1.165) is 0 Å². The molecule has 0 unspecified atom stereocenters. The second kappa shape index (κ2) is 7.49. The van der Waals surface area contributed by atoms with Crippen molar-refractivity contribution in [2.24, 2.45) is 0 Å². The molecule has 9 heteroatoms. The van der Waals surface area contributed by atoms with Crippen molar-refractivity contribution < 1.29 is 4.79 Å².